The molecule has 0 nitrogen and oxygen atoms in total. The molecule has 0 heterocycles. The van der Waals surface area contributed by atoms with Crippen LogP contribution in [0.5, 0.6) is 0 Å². The Bertz CT molecular complexity index is 41.2. The van der Waals surface area contributed by atoms with Crippen molar-refractivity contribution >= 4 is 4.06 Å². The van der Waals surface area contributed by atoms with Gasteiger partial charge in [-0.3, -0.25) is 0 Å². The predicted octanol–water partition coefficient (Wildman–Crippen LogP) is 0.510. The second-order valence-electron chi connectivity index (χ2n) is 0.407. The topological polar surface area (TPSA) is 0 Å². The van der Waals surface area contributed by atoms with E-state index in [-0.39, 0.29) is 0 Å². The monoisotopic (exact) mass is 224 g/mol. The third-order valence-electron chi connectivity index (χ3n) is 0.118. The molecule has 0 amide bonds. The Morgan fingerprint density at radius 2 is 2.25 bits per heavy atom. The third-order valence-corrected chi connectivity index (χ3v) is 0.965. The normalized spacial score (nSPS) is 4.25. The summed E-state index contributed by atoms with van der Waals surface area (Å²) in [5.41, 5.74) is 0. The van der Waals surface area contributed by atoms with Crippen molar-refractivity contribution in [1.82, 2.24) is 0 Å². The standard InChI is InChI=1S/C3H4.W/c1-3-2;/h3H,1H3;. The van der Waals surface area contributed by atoms with Crippen molar-refractivity contribution in [1.29, 1.82) is 0 Å². The Morgan fingerprint density at radius 3 is 2.25 bits per heavy atom. The van der Waals surface area contributed by atoms with Crippen LogP contribution < -0.4 is 0 Å². The summed E-state index contributed by atoms with van der Waals surface area (Å²) in [5.74, 6) is 0. The van der Waals surface area contributed by atoms with E-state index in [1.807, 2.05) is 13.0 Å². The average Bonchev–Trinajstić information content (AvgIpc) is 1.37. The Hall–Kier alpha value is 0.338. The molecular weight excluding hydrogens is 220 g/mol. The minimum absolute atomic E-state index is 1.40. The van der Waals surface area contributed by atoms with E-state index in [1.165, 1.54) is 19.4 Å². The molecular formula is C3H4W. The molecule has 0 aromatic heterocycles. The van der Waals surface area contributed by atoms with E-state index in [1.54, 1.807) is 0 Å². The zero-order valence-electron chi connectivity index (χ0n) is 2.49. The quantitative estimate of drug-likeness (QED) is 0.562. The molecule has 0 saturated carbocycles. The molecule has 0 aliphatic rings. The predicted molar refractivity (Wildman–Crippen MR) is 15.3 cm³/mol. The summed E-state index contributed by atoms with van der Waals surface area (Å²) in [7, 11) is 0. The summed E-state index contributed by atoms with van der Waals surface area (Å²) in [6.45, 7) is 1.97. The van der Waals surface area contributed by atoms with Gasteiger partial charge in [-0.05, 0) is 0 Å². The first-order valence-corrected chi connectivity index (χ1v) is 2.54. The summed E-state index contributed by atoms with van der Waals surface area (Å²) in [5, 5.41) is 0. The van der Waals surface area contributed by atoms with Gasteiger partial charge in [-0.25, -0.2) is 0 Å². The van der Waals surface area contributed by atoms with Crippen molar-refractivity contribution in [2.75, 3.05) is 0 Å². The molecule has 0 aliphatic carbocycles. The van der Waals surface area contributed by atoms with E-state index in [2.05, 4.69) is 4.06 Å². The minimum atomic E-state index is 1.40. The van der Waals surface area contributed by atoms with Crippen molar-refractivity contribution in [3.63, 3.8) is 0 Å². The van der Waals surface area contributed by atoms with Crippen LogP contribution >= 0.6 is 0 Å². The van der Waals surface area contributed by atoms with Crippen LogP contribution in [-0.4, -0.2) is 4.06 Å². The van der Waals surface area contributed by atoms with Gasteiger partial charge >= 0.3 is 36.4 Å². The fourth-order valence-electron chi connectivity index (χ4n) is 0. The molecule has 4 heavy (non-hydrogen) atoms. The maximum absolute atomic E-state index is 2.89. The second kappa shape index (κ2) is 3.34. The van der Waals surface area contributed by atoms with Crippen molar-refractivity contribution in [3.05, 3.63) is 6.08 Å². The van der Waals surface area contributed by atoms with E-state index >= 15 is 0 Å². The molecule has 1 heteroatoms. The summed E-state index contributed by atoms with van der Waals surface area (Å²) in [6.07, 6.45) is 1.91. The first-order chi connectivity index (χ1) is 1.91. The molecule has 0 unspecified atom stereocenters. The van der Waals surface area contributed by atoms with Gasteiger partial charge in [0.25, 0.3) is 0 Å². The molecule has 0 atom stereocenters. The van der Waals surface area contributed by atoms with Crippen LogP contribution in [0.25, 0.3) is 0 Å². The third kappa shape index (κ3) is 2.34. The Kier molecular flexibility index (Phi) is 3.62. The Morgan fingerprint density at radius 1 is 2.00 bits per heavy atom. The van der Waals surface area contributed by atoms with Crippen LogP contribution in [0.15, 0.2) is 6.08 Å². The van der Waals surface area contributed by atoms with Crippen LogP contribution in [0, 0.1) is 0 Å². The van der Waals surface area contributed by atoms with Crippen LogP contribution in [0.4, 0.5) is 0 Å². The van der Waals surface area contributed by atoms with Gasteiger partial charge in [0.15, 0.2) is 0 Å². The molecule has 0 fully saturated rings. The van der Waals surface area contributed by atoms with E-state index < -0.39 is 0 Å². The van der Waals surface area contributed by atoms with Crippen molar-refractivity contribution < 1.29 is 19.4 Å². The van der Waals surface area contributed by atoms with E-state index in [4.69, 9.17) is 0 Å². The fourth-order valence-corrected chi connectivity index (χ4v) is 0. The van der Waals surface area contributed by atoms with Gasteiger partial charge in [0.05, 0.1) is 0 Å². The molecule has 0 aromatic rings. The Labute approximate surface area is 36.9 Å². The molecule has 0 radical (unpaired) electrons. The van der Waals surface area contributed by atoms with E-state index in [0.717, 1.165) is 0 Å². The SMILES string of the molecule is CC=[C]=[W]. The van der Waals surface area contributed by atoms with Gasteiger partial charge < -0.3 is 0 Å². The van der Waals surface area contributed by atoms with Crippen molar-refractivity contribution in [3.8, 4) is 0 Å². The number of rotatable bonds is 0. The summed E-state index contributed by atoms with van der Waals surface area (Å²) in [4.78, 5) is 0. The maximum atomic E-state index is 2.89. The van der Waals surface area contributed by atoms with Gasteiger partial charge in [0, 0.05) is 0 Å². The van der Waals surface area contributed by atoms with Crippen molar-refractivity contribution in [2.45, 2.75) is 6.92 Å². The van der Waals surface area contributed by atoms with Gasteiger partial charge in [-0.1, -0.05) is 0 Å². The van der Waals surface area contributed by atoms with Crippen LogP contribution in [0.2, 0.25) is 0 Å². The molecule has 0 N–H and O–H groups in total. The summed E-state index contributed by atoms with van der Waals surface area (Å²) < 4.78 is 2.89. The number of hydrogen-bond acceptors (Lipinski definition) is 0. The zero-order chi connectivity index (χ0) is 3.41. The number of hydrogen-bond donors (Lipinski definition) is 0. The van der Waals surface area contributed by atoms with E-state index in [9.17, 15) is 0 Å². The molecule has 0 bridgehead atoms. The number of allylic oxidation sites excluding steroid dienone is 1. The fraction of sp³-hybridized carbons (Fsp3) is 0.333. The summed E-state index contributed by atoms with van der Waals surface area (Å²) in [6, 6.07) is 0. The molecule has 22 valence electrons. The van der Waals surface area contributed by atoms with Crippen LogP contribution in [-0.2, 0) is 19.4 Å². The van der Waals surface area contributed by atoms with Gasteiger partial charge in [0.1, 0.15) is 0 Å². The average molecular weight is 224 g/mol. The molecule has 0 spiro atoms. The van der Waals surface area contributed by atoms with Crippen LogP contribution in [0.1, 0.15) is 6.92 Å². The first-order valence-electron chi connectivity index (χ1n) is 1.07. The molecule has 0 aromatic carbocycles. The second-order valence-corrected chi connectivity index (χ2v) is 1.25. The molecule has 0 saturated heterocycles. The van der Waals surface area contributed by atoms with Gasteiger partial charge in [0.2, 0.25) is 0 Å². The van der Waals surface area contributed by atoms with Gasteiger partial charge in [-0.2, -0.15) is 0 Å². The zero-order valence-corrected chi connectivity index (χ0v) is 5.42. The molecule has 0 aliphatic heterocycles. The summed E-state index contributed by atoms with van der Waals surface area (Å²) >= 11 is 1.40. The first kappa shape index (κ1) is 4.34. The Balaban J connectivity index is 3.11. The van der Waals surface area contributed by atoms with E-state index in [0.29, 0.717) is 0 Å². The van der Waals surface area contributed by atoms with Crippen LogP contribution in [0.3, 0.4) is 0 Å². The van der Waals surface area contributed by atoms with Crippen molar-refractivity contribution in [2.24, 2.45) is 0 Å². The molecule has 0 rings (SSSR count). The van der Waals surface area contributed by atoms with Gasteiger partial charge in [-0.15, -0.1) is 0 Å².